The van der Waals surface area contributed by atoms with Crippen molar-refractivity contribution >= 4 is 5.69 Å². The van der Waals surface area contributed by atoms with Gasteiger partial charge in [0.1, 0.15) is 0 Å². The minimum absolute atomic E-state index is 0.216. The van der Waals surface area contributed by atoms with Crippen molar-refractivity contribution in [1.82, 2.24) is 0 Å². The molecule has 1 aliphatic heterocycles. The van der Waals surface area contributed by atoms with Crippen molar-refractivity contribution in [1.29, 1.82) is 5.26 Å². The Bertz CT molecular complexity index is 474. The summed E-state index contributed by atoms with van der Waals surface area (Å²) >= 11 is 0. The second-order valence-electron chi connectivity index (χ2n) is 5.87. The largest absolute Gasteiger partial charge is 0.367 e. The summed E-state index contributed by atoms with van der Waals surface area (Å²) in [5, 5.41) is 9.49. The van der Waals surface area contributed by atoms with E-state index in [1.54, 1.807) is 0 Å². The molecule has 2 aliphatic rings. The quantitative estimate of drug-likeness (QED) is 0.710. The molecule has 2 heteroatoms. The van der Waals surface area contributed by atoms with E-state index in [2.05, 4.69) is 35.2 Å². The molecule has 1 aliphatic carbocycles. The Morgan fingerprint density at radius 1 is 1.05 bits per heavy atom. The maximum absolute atomic E-state index is 9.49. The molecule has 1 saturated carbocycles. The zero-order valence-corrected chi connectivity index (χ0v) is 11.5. The van der Waals surface area contributed by atoms with Crippen LogP contribution in [0.3, 0.4) is 0 Å². The van der Waals surface area contributed by atoms with E-state index in [1.807, 2.05) is 0 Å². The third kappa shape index (κ3) is 2.47. The van der Waals surface area contributed by atoms with Gasteiger partial charge in [0.15, 0.2) is 0 Å². The number of hydrogen-bond acceptors (Lipinski definition) is 2. The average Bonchev–Trinajstić information content (AvgIpc) is 2.71. The fourth-order valence-corrected chi connectivity index (χ4v) is 3.72. The Balaban J connectivity index is 1.91. The Morgan fingerprint density at radius 2 is 1.89 bits per heavy atom. The van der Waals surface area contributed by atoms with Gasteiger partial charge in [-0.3, -0.25) is 0 Å². The molecule has 100 valence electrons. The summed E-state index contributed by atoms with van der Waals surface area (Å²) < 4.78 is 0. The van der Waals surface area contributed by atoms with Crippen LogP contribution in [0.15, 0.2) is 24.3 Å². The highest BCUT2D eigenvalue weighted by molar-refractivity contribution is 5.56. The Labute approximate surface area is 116 Å². The zero-order chi connectivity index (χ0) is 13.1. The van der Waals surface area contributed by atoms with Crippen molar-refractivity contribution < 1.29 is 0 Å². The molecular weight excluding hydrogens is 232 g/mol. The molecule has 2 nitrogen and oxygen atoms in total. The monoisotopic (exact) mass is 254 g/mol. The van der Waals surface area contributed by atoms with Gasteiger partial charge in [-0.15, -0.1) is 0 Å². The standard InChI is InChI=1S/C17H22N2/c18-13-15-8-2-1-3-10-17(15)19-12-6-9-14-7-4-5-11-16(14)19/h4-5,7,11,15,17H,1-3,6,8-10,12H2. The third-order valence-electron chi connectivity index (χ3n) is 4.69. The van der Waals surface area contributed by atoms with Crippen LogP contribution in [0.5, 0.6) is 0 Å². The maximum atomic E-state index is 9.49. The highest BCUT2D eigenvalue weighted by Gasteiger charge is 2.31. The fraction of sp³-hybridized carbons (Fsp3) is 0.588. The van der Waals surface area contributed by atoms with Gasteiger partial charge >= 0.3 is 0 Å². The first-order valence-electron chi connectivity index (χ1n) is 7.64. The molecule has 1 aromatic carbocycles. The minimum Gasteiger partial charge on any atom is -0.367 e. The molecule has 0 aromatic heterocycles. The van der Waals surface area contributed by atoms with E-state index in [0.29, 0.717) is 6.04 Å². The first kappa shape index (κ1) is 12.5. The molecule has 0 radical (unpaired) electrons. The van der Waals surface area contributed by atoms with Crippen LogP contribution in [0.4, 0.5) is 5.69 Å². The number of para-hydroxylation sites is 1. The molecule has 2 atom stereocenters. The molecule has 1 aromatic rings. The zero-order valence-electron chi connectivity index (χ0n) is 11.5. The highest BCUT2D eigenvalue weighted by Crippen LogP contribution is 2.35. The number of rotatable bonds is 1. The van der Waals surface area contributed by atoms with E-state index < -0.39 is 0 Å². The van der Waals surface area contributed by atoms with Gasteiger partial charge in [0, 0.05) is 18.3 Å². The summed E-state index contributed by atoms with van der Waals surface area (Å²) in [6.45, 7) is 1.12. The van der Waals surface area contributed by atoms with E-state index in [4.69, 9.17) is 0 Å². The maximum Gasteiger partial charge on any atom is 0.0677 e. The number of aryl methyl sites for hydroxylation is 1. The van der Waals surface area contributed by atoms with Gasteiger partial charge in [-0.1, -0.05) is 37.5 Å². The molecule has 1 fully saturated rings. The van der Waals surface area contributed by atoms with E-state index in [0.717, 1.165) is 13.0 Å². The van der Waals surface area contributed by atoms with Crippen LogP contribution in [0, 0.1) is 17.2 Å². The van der Waals surface area contributed by atoms with Crippen molar-refractivity contribution in [2.45, 2.75) is 51.0 Å². The Kier molecular flexibility index (Phi) is 3.73. The average molecular weight is 254 g/mol. The van der Waals surface area contributed by atoms with Gasteiger partial charge in [0.2, 0.25) is 0 Å². The van der Waals surface area contributed by atoms with Gasteiger partial charge in [0.05, 0.1) is 12.0 Å². The van der Waals surface area contributed by atoms with Gasteiger partial charge in [-0.25, -0.2) is 0 Å². The van der Waals surface area contributed by atoms with Crippen LogP contribution in [0.25, 0.3) is 0 Å². The summed E-state index contributed by atoms with van der Waals surface area (Å²) in [6, 6.07) is 11.8. The van der Waals surface area contributed by atoms with Crippen LogP contribution >= 0.6 is 0 Å². The lowest BCUT2D eigenvalue weighted by Gasteiger charge is -2.39. The molecule has 0 spiro atoms. The summed E-state index contributed by atoms with van der Waals surface area (Å²) in [5.41, 5.74) is 2.86. The lowest BCUT2D eigenvalue weighted by atomic mass is 9.91. The second-order valence-corrected chi connectivity index (χ2v) is 5.87. The van der Waals surface area contributed by atoms with Crippen molar-refractivity contribution in [3.05, 3.63) is 29.8 Å². The smallest absolute Gasteiger partial charge is 0.0677 e. The van der Waals surface area contributed by atoms with Gasteiger partial charge in [-0.05, 0) is 37.3 Å². The van der Waals surface area contributed by atoms with Gasteiger partial charge < -0.3 is 4.90 Å². The molecular formula is C17H22N2. The lowest BCUT2D eigenvalue weighted by Crippen LogP contribution is -2.43. The summed E-state index contributed by atoms with van der Waals surface area (Å²) in [7, 11) is 0. The number of benzene rings is 1. The first-order valence-corrected chi connectivity index (χ1v) is 7.64. The van der Waals surface area contributed by atoms with Gasteiger partial charge in [-0.2, -0.15) is 5.26 Å². The molecule has 19 heavy (non-hydrogen) atoms. The summed E-state index contributed by atoms with van der Waals surface area (Å²) in [6.07, 6.45) is 8.49. The fourth-order valence-electron chi connectivity index (χ4n) is 3.72. The topological polar surface area (TPSA) is 27.0 Å². The molecule has 0 saturated heterocycles. The van der Waals surface area contributed by atoms with Crippen molar-refractivity contribution in [2.75, 3.05) is 11.4 Å². The Morgan fingerprint density at radius 3 is 2.79 bits per heavy atom. The van der Waals surface area contributed by atoms with E-state index in [-0.39, 0.29) is 5.92 Å². The highest BCUT2D eigenvalue weighted by atomic mass is 15.2. The molecule has 0 amide bonds. The van der Waals surface area contributed by atoms with E-state index in [1.165, 1.54) is 49.8 Å². The molecule has 3 rings (SSSR count). The Hall–Kier alpha value is -1.49. The minimum atomic E-state index is 0.216. The van der Waals surface area contributed by atoms with Gasteiger partial charge in [0.25, 0.3) is 0 Å². The second kappa shape index (κ2) is 5.65. The molecule has 0 bridgehead atoms. The first-order chi connectivity index (χ1) is 9.40. The van der Waals surface area contributed by atoms with E-state index in [9.17, 15) is 5.26 Å². The molecule has 2 unspecified atom stereocenters. The van der Waals surface area contributed by atoms with Crippen LogP contribution in [-0.2, 0) is 6.42 Å². The summed E-state index contributed by atoms with van der Waals surface area (Å²) in [4.78, 5) is 2.54. The van der Waals surface area contributed by atoms with Crippen molar-refractivity contribution in [3.63, 3.8) is 0 Å². The van der Waals surface area contributed by atoms with Crippen LogP contribution in [0.1, 0.15) is 44.1 Å². The van der Waals surface area contributed by atoms with Crippen LogP contribution < -0.4 is 4.90 Å². The predicted molar refractivity (Wildman–Crippen MR) is 78.1 cm³/mol. The van der Waals surface area contributed by atoms with Crippen molar-refractivity contribution in [3.8, 4) is 6.07 Å². The SMILES string of the molecule is N#CC1CCCCCC1N1CCCc2ccccc21. The molecule has 0 N–H and O–H groups in total. The number of hydrogen-bond donors (Lipinski definition) is 0. The number of anilines is 1. The third-order valence-corrected chi connectivity index (χ3v) is 4.69. The predicted octanol–water partition coefficient (Wildman–Crippen LogP) is 3.91. The van der Waals surface area contributed by atoms with E-state index >= 15 is 0 Å². The number of nitriles is 1. The normalized spacial score (nSPS) is 27.2. The van der Waals surface area contributed by atoms with Crippen LogP contribution in [-0.4, -0.2) is 12.6 Å². The lowest BCUT2D eigenvalue weighted by molar-refractivity contribution is 0.437. The van der Waals surface area contributed by atoms with Crippen molar-refractivity contribution in [2.24, 2.45) is 5.92 Å². The number of nitrogens with zero attached hydrogens (tertiary/aromatic N) is 2. The number of fused-ring (bicyclic) bond motifs is 1. The van der Waals surface area contributed by atoms with Crippen LogP contribution in [0.2, 0.25) is 0 Å². The molecule has 1 heterocycles. The summed E-state index contributed by atoms with van der Waals surface area (Å²) in [5.74, 6) is 0.216.